The van der Waals surface area contributed by atoms with Crippen LogP contribution in [0.4, 0.5) is 4.79 Å². The molecule has 5 heteroatoms. The van der Waals surface area contributed by atoms with Crippen molar-refractivity contribution in [3.8, 4) is 0 Å². The summed E-state index contributed by atoms with van der Waals surface area (Å²) in [5.74, 6) is -0.480. The van der Waals surface area contributed by atoms with Crippen LogP contribution in [0.2, 0.25) is 0 Å². The van der Waals surface area contributed by atoms with Crippen molar-refractivity contribution in [1.29, 1.82) is 0 Å². The number of hydrogen-bond acceptors (Lipinski definition) is 4. The van der Waals surface area contributed by atoms with Crippen LogP contribution in [0.3, 0.4) is 0 Å². The summed E-state index contributed by atoms with van der Waals surface area (Å²) in [6.45, 7) is 11.0. The predicted molar refractivity (Wildman–Crippen MR) is 90.0 cm³/mol. The van der Waals surface area contributed by atoms with Crippen molar-refractivity contribution in [2.75, 3.05) is 6.61 Å². The fraction of sp³-hybridized carbons (Fsp3) is 0.444. The molecule has 1 rings (SSSR count). The molecule has 1 aromatic carbocycles. The Hall–Kier alpha value is -2.30. The minimum atomic E-state index is -0.792. The summed E-state index contributed by atoms with van der Waals surface area (Å²) in [4.78, 5) is 24.0. The Labute approximate surface area is 137 Å². The zero-order valence-corrected chi connectivity index (χ0v) is 14.2. The van der Waals surface area contributed by atoms with Gasteiger partial charge >= 0.3 is 12.1 Å². The van der Waals surface area contributed by atoms with Gasteiger partial charge in [-0.25, -0.2) is 9.59 Å². The Morgan fingerprint density at radius 3 is 2.35 bits per heavy atom. The fourth-order valence-electron chi connectivity index (χ4n) is 1.91. The number of esters is 1. The monoisotopic (exact) mass is 319 g/mol. The Kier molecular flexibility index (Phi) is 6.82. The highest BCUT2D eigenvalue weighted by Gasteiger charge is 2.25. The second-order valence-electron chi connectivity index (χ2n) is 6.10. The summed E-state index contributed by atoms with van der Waals surface area (Å²) in [5.41, 5.74) is 1.26. The molecule has 0 fully saturated rings. The molecule has 1 amide bonds. The predicted octanol–water partition coefficient (Wildman–Crippen LogP) is 3.33. The minimum absolute atomic E-state index is 0.251. The number of nitrogens with one attached hydrogen (secondary N) is 1. The Morgan fingerprint density at radius 2 is 1.87 bits per heavy atom. The van der Waals surface area contributed by atoms with Crippen molar-refractivity contribution in [1.82, 2.24) is 5.32 Å². The SMILES string of the molecule is C=Cc1ccc(CC(NC(=O)OC(C)(C)C)C(=O)OCC)cc1. The third-order valence-corrected chi connectivity index (χ3v) is 2.92. The molecule has 0 aromatic heterocycles. The average Bonchev–Trinajstić information content (AvgIpc) is 2.45. The first-order valence-electron chi connectivity index (χ1n) is 7.62. The molecule has 1 atom stereocenters. The molecule has 1 N–H and O–H groups in total. The molecule has 126 valence electrons. The second kappa shape index (κ2) is 8.36. The highest BCUT2D eigenvalue weighted by atomic mass is 16.6. The lowest BCUT2D eigenvalue weighted by molar-refractivity contribution is -0.145. The van der Waals surface area contributed by atoms with E-state index in [1.165, 1.54) is 0 Å². The molecule has 5 nitrogen and oxygen atoms in total. The van der Waals surface area contributed by atoms with Gasteiger partial charge in [0.1, 0.15) is 11.6 Å². The third kappa shape index (κ3) is 7.00. The van der Waals surface area contributed by atoms with E-state index in [1.807, 2.05) is 24.3 Å². The van der Waals surface area contributed by atoms with Gasteiger partial charge in [-0.2, -0.15) is 0 Å². The number of carbonyl (C=O) groups is 2. The maximum absolute atomic E-state index is 12.1. The molecule has 23 heavy (non-hydrogen) atoms. The van der Waals surface area contributed by atoms with E-state index < -0.39 is 23.7 Å². The van der Waals surface area contributed by atoms with Crippen LogP contribution in [0.15, 0.2) is 30.8 Å². The zero-order chi connectivity index (χ0) is 17.5. The number of rotatable bonds is 6. The normalized spacial score (nSPS) is 12.2. The van der Waals surface area contributed by atoms with Gasteiger partial charge < -0.3 is 14.8 Å². The number of ether oxygens (including phenoxy) is 2. The Balaban J connectivity index is 2.80. The molecule has 0 bridgehead atoms. The van der Waals surface area contributed by atoms with E-state index in [0.717, 1.165) is 11.1 Å². The third-order valence-electron chi connectivity index (χ3n) is 2.92. The summed E-state index contributed by atoms with van der Waals surface area (Å²) in [6.07, 6.45) is 1.43. The number of benzene rings is 1. The van der Waals surface area contributed by atoms with Gasteiger partial charge in [-0.15, -0.1) is 0 Å². The van der Waals surface area contributed by atoms with E-state index in [9.17, 15) is 9.59 Å². The number of carbonyl (C=O) groups excluding carboxylic acids is 2. The first-order chi connectivity index (χ1) is 10.7. The number of alkyl carbamates (subject to hydrolysis) is 1. The molecule has 1 unspecified atom stereocenters. The van der Waals surface area contributed by atoms with Crippen molar-refractivity contribution >= 4 is 18.1 Å². The van der Waals surface area contributed by atoms with E-state index in [2.05, 4.69) is 11.9 Å². The van der Waals surface area contributed by atoms with E-state index in [4.69, 9.17) is 9.47 Å². The fourth-order valence-corrected chi connectivity index (χ4v) is 1.91. The largest absolute Gasteiger partial charge is 0.464 e. The Morgan fingerprint density at radius 1 is 1.26 bits per heavy atom. The van der Waals surface area contributed by atoms with E-state index in [-0.39, 0.29) is 6.61 Å². The molecule has 0 saturated carbocycles. The molecule has 1 aromatic rings. The molecular formula is C18H25NO4. The van der Waals surface area contributed by atoms with E-state index >= 15 is 0 Å². The van der Waals surface area contributed by atoms with Crippen molar-refractivity contribution in [2.45, 2.75) is 45.8 Å². The first kappa shape index (κ1) is 18.7. The van der Waals surface area contributed by atoms with Crippen LogP contribution >= 0.6 is 0 Å². The lowest BCUT2D eigenvalue weighted by Gasteiger charge is -2.23. The lowest BCUT2D eigenvalue weighted by atomic mass is 10.0. The van der Waals surface area contributed by atoms with Gasteiger partial charge in [0.15, 0.2) is 0 Å². The standard InChI is InChI=1S/C18H25NO4/c1-6-13-8-10-14(11-9-13)12-15(16(20)22-7-2)19-17(21)23-18(3,4)5/h6,8-11,15H,1,7,12H2,2-5H3,(H,19,21). The maximum Gasteiger partial charge on any atom is 0.408 e. The number of amides is 1. The van der Waals surface area contributed by atoms with Gasteiger partial charge in [0, 0.05) is 6.42 Å². The molecule has 0 heterocycles. The lowest BCUT2D eigenvalue weighted by Crippen LogP contribution is -2.45. The summed E-state index contributed by atoms with van der Waals surface area (Å²) in [6, 6.07) is 6.79. The van der Waals surface area contributed by atoms with Crippen LogP contribution in [-0.2, 0) is 20.7 Å². The molecule has 0 spiro atoms. The highest BCUT2D eigenvalue weighted by molar-refractivity contribution is 5.81. The van der Waals surface area contributed by atoms with Gasteiger partial charge in [-0.1, -0.05) is 36.9 Å². The van der Waals surface area contributed by atoms with Crippen LogP contribution in [0.5, 0.6) is 0 Å². The Bertz CT molecular complexity index is 543. The van der Waals surface area contributed by atoms with Crippen molar-refractivity contribution in [3.05, 3.63) is 42.0 Å². The van der Waals surface area contributed by atoms with Crippen molar-refractivity contribution in [3.63, 3.8) is 0 Å². The maximum atomic E-state index is 12.1. The summed E-state index contributed by atoms with van der Waals surface area (Å²) in [7, 11) is 0. The van der Waals surface area contributed by atoms with Crippen LogP contribution in [0.1, 0.15) is 38.8 Å². The summed E-state index contributed by atoms with van der Waals surface area (Å²) < 4.78 is 10.2. The van der Waals surface area contributed by atoms with E-state index in [1.54, 1.807) is 33.8 Å². The van der Waals surface area contributed by atoms with Crippen molar-refractivity contribution in [2.24, 2.45) is 0 Å². The summed E-state index contributed by atoms with van der Waals surface area (Å²) in [5, 5.41) is 2.58. The van der Waals surface area contributed by atoms with Crippen LogP contribution in [-0.4, -0.2) is 30.3 Å². The van der Waals surface area contributed by atoms with Gasteiger partial charge in [0.05, 0.1) is 6.61 Å². The summed E-state index contributed by atoms with van der Waals surface area (Å²) >= 11 is 0. The second-order valence-corrected chi connectivity index (χ2v) is 6.10. The smallest absolute Gasteiger partial charge is 0.408 e. The average molecular weight is 319 g/mol. The van der Waals surface area contributed by atoms with Crippen molar-refractivity contribution < 1.29 is 19.1 Å². The van der Waals surface area contributed by atoms with Gasteiger partial charge in [-0.3, -0.25) is 0 Å². The molecule has 0 aliphatic carbocycles. The van der Waals surface area contributed by atoms with Gasteiger partial charge in [-0.05, 0) is 38.8 Å². The van der Waals surface area contributed by atoms with Crippen LogP contribution < -0.4 is 5.32 Å². The van der Waals surface area contributed by atoms with Crippen LogP contribution in [0.25, 0.3) is 6.08 Å². The number of hydrogen-bond donors (Lipinski definition) is 1. The molecular weight excluding hydrogens is 294 g/mol. The minimum Gasteiger partial charge on any atom is -0.464 e. The molecule has 0 saturated heterocycles. The van der Waals surface area contributed by atoms with Gasteiger partial charge in [0.25, 0.3) is 0 Å². The van der Waals surface area contributed by atoms with E-state index in [0.29, 0.717) is 6.42 Å². The van der Waals surface area contributed by atoms with Gasteiger partial charge in [0.2, 0.25) is 0 Å². The molecule has 0 aliphatic heterocycles. The first-order valence-corrected chi connectivity index (χ1v) is 7.62. The zero-order valence-electron chi connectivity index (χ0n) is 14.2. The quantitative estimate of drug-likeness (QED) is 0.817. The molecule has 0 aliphatic rings. The molecule has 0 radical (unpaired) electrons. The van der Waals surface area contributed by atoms with Crippen LogP contribution in [0, 0.1) is 0 Å². The highest BCUT2D eigenvalue weighted by Crippen LogP contribution is 2.11. The topological polar surface area (TPSA) is 64.6 Å².